The van der Waals surface area contributed by atoms with Crippen molar-refractivity contribution in [3.05, 3.63) is 40.7 Å². The van der Waals surface area contributed by atoms with Crippen molar-refractivity contribution in [2.24, 2.45) is 0 Å². The molecule has 90 valence electrons. The molecule has 0 radical (unpaired) electrons. The summed E-state index contributed by atoms with van der Waals surface area (Å²) in [5, 5.41) is 0.695. The van der Waals surface area contributed by atoms with Gasteiger partial charge in [0.05, 0.1) is 12.8 Å². The Kier molecular flexibility index (Phi) is 3.54. The van der Waals surface area contributed by atoms with E-state index >= 15 is 0 Å². The van der Waals surface area contributed by atoms with E-state index in [1.807, 2.05) is 12.1 Å². The molecule has 2 N–H and O–H groups in total. The molecule has 0 aliphatic heterocycles. The number of anilines is 1. The van der Waals surface area contributed by atoms with Gasteiger partial charge in [-0.2, -0.15) is 4.98 Å². The van der Waals surface area contributed by atoms with Gasteiger partial charge in [-0.25, -0.2) is 0 Å². The molecule has 2 aromatic rings. The predicted octanol–water partition coefficient (Wildman–Crippen LogP) is 2.70. The molecule has 17 heavy (non-hydrogen) atoms. The first-order valence-electron chi connectivity index (χ1n) is 5.21. The van der Waals surface area contributed by atoms with Gasteiger partial charge >= 0.3 is 0 Å². The van der Waals surface area contributed by atoms with Crippen LogP contribution in [0.25, 0.3) is 0 Å². The van der Waals surface area contributed by atoms with Crippen molar-refractivity contribution in [2.45, 2.75) is 12.8 Å². The van der Waals surface area contributed by atoms with Crippen molar-refractivity contribution in [2.75, 3.05) is 12.8 Å². The van der Waals surface area contributed by atoms with Gasteiger partial charge in [0.25, 0.3) is 6.01 Å². The summed E-state index contributed by atoms with van der Waals surface area (Å²) in [4.78, 5) is 4.04. The van der Waals surface area contributed by atoms with Gasteiger partial charge in [-0.3, -0.25) is 0 Å². The van der Waals surface area contributed by atoms with Gasteiger partial charge in [-0.1, -0.05) is 11.6 Å². The number of aryl methyl sites for hydroxylation is 2. The zero-order chi connectivity index (χ0) is 12.3. The number of nitrogen functional groups attached to an aromatic ring is 1. The molecule has 1 heterocycles. The summed E-state index contributed by atoms with van der Waals surface area (Å²) >= 11 is 5.95. The highest BCUT2D eigenvalue weighted by atomic mass is 35.5. The van der Waals surface area contributed by atoms with Crippen LogP contribution in [0.15, 0.2) is 28.9 Å². The zero-order valence-corrected chi connectivity index (χ0v) is 10.2. The van der Waals surface area contributed by atoms with Crippen LogP contribution in [0.2, 0.25) is 5.02 Å². The molecule has 0 atom stereocenters. The van der Waals surface area contributed by atoms with Gasteiger partial charge in [-0.05, 0) is 36.6 Å². The fourth-order valence-corrected chi connectivity index (χ4v) is 1.84. The lowest BCUT2D eigenvalue weighted by Gasteiger charge is -2.07. The normalized spacial score (nSPS) is 10.5. The van der Waals surface area contributed by atoms with E-state index in [-0.39, 0.29) is 6.01 Å². The zero-order valence-electron chi connectivity index (χ0n) is 9.44. The van der Waals surface area contributed by atoms with Crippen molar-refractivity contribution in [1.29, 1.82) is 0 Å². The molecular formula is C12H13ClN2O2. The molecule has 0 aliphatic carbocycles. The molecule has 0 fully saturated rings. The summed E-state index contributed by atoms with van der Waals surface area (Å²) in [5.41, 5.74) is 7.27. The first-order chi connectivity index (χ1) is 8.19. The second-order valence-corrected chi connectivity index (χ2v) is 4.07. The molecular weight excluding hydrogens is 240 g/mol. The molecule has 0 amide bonds. The van der Waals surface area contributed by atoms with Crippen LogP contribution in [0.5, 0.6) is 5.75 Å². The van der Waals surface area contributed by atoms with E-state index in [9.17, 15) is 0 Å². The molecule has 1 aromatic carbocycles. The summed E-state index contributed by atoms with van der Waals surface area (Å²) in [6.45, 7) is 0. The number of halogens is 1. The van der Waals surface area contributed by atoms with Crippen LogP contribution in [0.1, 0.15) is 11.3 Å². The molecule has 1 aromatic heterocycles. The number of oxazole rings is 1. The lowest BCUT2D eigenvalue weighted by atomic mass is 10.1. The van der Waals surface area contributed by atoms with E-state index in [0.717, 1.165) is 29.8 Å². The van der Waals surface area contributed by atoms with Crippen molar-refractivity contribution in [3.63, 3.8) is 0 Å². The Bertz CT molecular complexity index is 511. The smallest absolute Gasteiger partial charge is 0.292 e. The van der Waals surface area contributed by atoms with Gasteiger partial charge in [0, 0.05) is 5.02 Å². The minimum Gasteiger partial charge on any atom is -0.496 e. The number of hydrogen-bond acceptors (Lipinski definition) is 4. The summed E-state index contributed by atoms with van der Waals surface area (Å²) in [6.07, 6.45) is 3.07. The standard InChI is InChI=1S/C12H13ClN2O2/c1-16-11-5-3-9(13)6-8(11)2-4-10-7-17-12(14)15-10/h3,5-7H,2,4H2,1H3,(H2,14,15). The molecule has 0 bridgehead atoms. The summed E-state index contributed by atoms with van der Waals surface area (Å²) in [7, 11) is 1.64. The molecule has 4 nitrogen and oxygen atoms in total. The Hall–Kier alpha value is -1.68. The third kappa shape index (κ3) is 2.91. The number of aromatic nitrogens is 1. The lowest BCUT2D eigenvalue weighted by Crippen LogP contribution is -1.96. The maximum atomic E-state index is 5.95. The predicted molar refractivity (Wildman–Crippen MR) is 66.3 cm³/mol. The maximum absolute atomic E-state index is 5.95. The van der Waals surface area contributed by atoms with Crippen LogP contribution in [-0.4, -0.2) is 12.1 Å². The van der Waals surface area contributed by atoms with Crippen molar-refractivity contribution in [1.82, 2.24) is 4.98 Å². The number of benzene rings is 1. The fraction of sp³-hybridized carbons (Fsp3) is 0.250. The van der Waals surface area contributed by atoms with Gasteiger partial charge < -0.3 is 14.9 Å². The molecule has 5 heteroatoms. The van der Waals surface area contributed by atoms with E-state index in [2.05, 4.69) is 4.98 Å². The monoisotopic (exact) mass is 252 g/mol. The van der Waals surface area contributed by atoms with E-state index in [1.165, 1.54) is 0 Å². The molecule has 0 spiro atoms. The Balaban J connectivity index is 2.10. The Morgan fingerprint density at radius 1 is 1.41 bits per heavy atom. The average molecular weight is 253 g/mol. The van der Waals surface area contributed by atoms with E-state index in [0.29, 0.717) is 5.02 Å². The van der Waals surface area contributed by atoms with Crippen LogP contribution in [-0.2, 0) is 12.8 Å². The van der Waals surface area contributed by atoms with Crippen LogP contribution in [0.4, 0.5) is 6.01 Å². The van der Waals surface area contributed by atoms with Gasteiger partial charge in [0.15, 0.2) is 0 Å². The topological polar surface area (TPSA) is 61.3 Å². The lowest BCUT2D eigenvalue weighted by molar-refractivity contribution is 0.409. The Morgan fingerprint density at radius 2 is 2.24 bits per heavy atom. The van der Waals surface area contributed by atoms with Gasteiger partial charge in [0.1, 0.15) is 12.0 Å². The quantitative estimate of drug-likeness (QED) is 0.909. The molecule has 0 unspecified atom stereocenters. The second kappa shape index (κ2) is 5.10. The third-order valence-corrected chi connectivity index (χ3v) is 2.70. The number of rotatable bonds is 4. The number of nitrogens with zero attached hydrogens (tertiary/aromatic N) is 1. The Morgan fingerprint density at radius 3 is 2.88 bits per heavy atom. The Labute approximate surface area is 104 Å². The first kappa shape index (κ1) is 11.8. The minimum atomic E-state index is 0.193. The van der Waals surface area contributed by atoms with Gasteiger partial charge in [-0.15, -0.1) is 0 Å². The SMILES string of the molecule is COc1ccc(Cl)cc1CCc1coc(N)n1. The summed E-state index contributed by atoms with van der Waals surface area (Å²) in [6, 6.07) is 5.74. The number of hydrogen-bond donors (Lipinski definition) is 1. The van der Waals surface area contributed by atoms with Crippen LogP contribution >= 0.6 is 11.6 Å². The number of ether oxygens (including phenoxy) is 1. The maximum Gasteiger partial charge on any atom is 0.292 e. The molecule has 0 saturated heterocycles. The minimum absolute atomic E-state index is 0.193. The highest BCUT2D eigenvalue weighted by Crippen LogP contribution is 2.24. The third-order valence-electron chi connectivity index (χ3n) is 2.46. The molecule has 0 saturated carbocycles. The number of methoxy groups -OCH3 is 1. The average Bonchev–Trinajstić information content (AvgIpc) is 2.73. The summed E-state index contributed by atoms with van der Waals surface area (Å²) in [5.74, 6) is 0.825. The summed E-state index contributed by atoms with van der Waals surface area (Å²) < 4.78 is 10.2. The van der Waals surface area contributed by atoms with Crippen LogP contribution < -0.4 is 10.5 Å². The highest BCUT2D eigenvalue weighted by Gasteiger charge is 2.06. The van der Waals surface area contributed by atoms with Gasteiger partial charge in [0.2, 0.25) is 0 Å². The van der Waals surface area contributed by atoms with Crippen molar-refractivity contribution in [3.8, 4) is 5.75 Å². The largest absolute Gasteiger partial charge is 0.496 e. The first-order valence-corrected chi connectivity index (χ1v) is 5.59. The fourth-order valence-electron chi connectivity index (χ4n) is 1.64. The van der Waals surface area contributed by atoms with E-state index in [1.54, 1.807) is 19.4 Å². The van der Waals surface area contributed by atoms with Crippen molar-refractivity contribution < 1.29 is 9.15 Å². The van der Waals surface area contributed by atoms with Crippen LogP contribution in [0, 0.1) is 0 Å². The molecule has 2 rings (SSSR count). The number of nitrogens with two attached hydrogens (primary N) is 1. The highest BCUT2D eigenvalue weighted by molar-refractivity contribution is 6.30. The van der Waals surface area contributed by atoms with Crippen molar-refractivity contribution >= 4 is 17.6 Å². The van der Waals surface area contributed by atoms with E-state index < -0.39 is 0 Å². The van der Waals surface area contributed by atoms with Crippen LogP contribution in [0.3, 0.4) is 0 Å². The van der Waals surface area contributed by atoms with E-state index in [4.69, 9.17) is 26.5 Å². The second-order valence-electron chi connectivity index (χ2n) is 3.63. The molecule has 0 aliphatic rings.